The van der Waals surface area contributed by atoms with Gasteiger partial charge in [-0.3, -0.25) is 4.79 Å². The van der Waals surface area contributed by atoms with Gasteiger partial charge in [-0.25, -0.2) is 9.69 Å². The Kier molecular flexibility index (Phi) is 5.21. The molecule has 0 unspecified atom stereocenters. The molecule has 1 saturated carbocycles. The number of carbonyl (C=O) groups is 2. The van der Waals surface area contributed by atoms with Gasteiger partial charge in [0.15, 0.2) is 8.32 Å². The molecule has 0 aromatic heterocycles. The first-order valence-electron chi connectivity index (χ1n) is 9.41. The summed E-state index contributed by atoms with van der Waals surface area (Å²) in [6.45, 7) is 19.0. The van der Waals surface area contributed by atoms with Gasteiger partial charge in [-0.05, 0) is 50.7 Å². The monoisotopic (exact) mass is 369 g/mol. The van der Waals surface area contributed by atoms with Crippen molar-refractivity contribution in [2.75, 3.05) is 6.61 Å². The van der Waals surface area contributed by atoms with Crippen molar-refractivity contribution in [1.82, 2.24) is 4.90 Å². The molecule has 2 fully saturated rings. The first-order chi connectivity index (χ1) is 11.2. The van der Waals surface area contributed by atoms with Crippen LogP contribution < -0.4 is 0 Å². The Bertz CT molecular complexity index is 547. The SMILES string of the molecule is CC[C@H]1[C@H]2C(=O)N(C(=O)OC(C)(C)C)[C@H](CO[Si](C)(C)C(C)(C)C)[C@@H]12. The summed E-state index contributed by atoms with van der Waals surface area (Å²) in [5.74, 6) is 0.523. The Balaban J connectivity index is 2.16. The summed E-state index contributed by atoms with van der Waals surface area (Å²) >= 11 is 0. The molecular formula is C19H35NO4Si. The van der Waals surface area contributed by atoms with Crippen LogP contribution in [-0.2, 0) is 14.0 Å². The van der Waals surface area contributed by atoms with Crippen LogP contribution in [0.15, 0.2) is 0 Å². The fourth-order valence-corrected chi connectivity index (χ4v) is 4.55. The Morgan fingerprint density at radius 2 is 1.72 bits per heavy atom. The van der Waals surface area contributed by atoms with Crippen LogP contribution >= 0.6 is 0 Å². The van der Waals surface area contributed by atoms with E-state index in [1.54, 1.807) is 0 Å². The van der Waals surface area contributed by atoms with E-state index in [1.807, 2.05) is 20.8 Å². The number of fused-ring (bicyclic) bond motifs is 1. The lowest BCUT2D eigenvalue weighted by Gasteiger charge is -2.38. The summed E-state index contributed by atoms with van der Waals surface area (Å²) in [6, 6.07) is -0.188. The average molecular weight is 370 g/mol. The summed E-state index contributed by atoms with van der Waals surface area (Å²) in [5, 5.41) is 0.0967. The third kappa shape index (κ3) is 3.95. The zero-order valence-corrected chi connectivity index (χ0v) is 18.3. The van der Waals surface area contributed by atoms with Gasteiger partial charge in [0.25, 0.3) is 0 Å². The van der Waals surface area contributed by atoms with E-state index in [2.05, 4.69) is 40.8 Å². The summed E-state index contributed by atoms with van der Waals surface area (Å²) < 4.78 is 11.8. The molecule has 0 aromatic carbocycles. The molecule has 25 heavy (non-hydrogen) atoms. The van der Waals surface area contributed by atoms with Crippen LogP contribution in [0.4, 0.5) is 4.79 Å². The van der Waals surface area contributed by atoms with Crippen LogP contribution in [0.3, 0.4) is 0 Å². The largest absolute Gasteiger partial charge is 0.443 e. The van der Waals surface area contributed by atoms with E-state index in [0.717, 1.165) is 6.42 Å². The fraction of sp³-hybridized carbons (Fsp3) is 0.895. The van der Waals surface area contributed by atoms with Gasteiger partial charge in [0, 0.05) is 5.92 Å². The Hall–Kier alpha value is -0.883. The molecule has 0 aromatic rings. The van der Waals surface area contributed by atoms with Gasteiger partial charge in [-0.2, -0.15) is 0 Å². The summed E-state index contributed by atoms with van der Waals surface area (Å²) in [4.78, 5) is 26.7. The topological polar surface area (TPSA) is 55.8 Å². The maximum atomic E-state index is 12.8. The highest BCUT2D eigenvalue weighted by molar-refractivity contribution is 6.74. The molecule has 0 spiro atoms. The molecule has 2 amide bonds. The van der Waals surface area contributed by atoms with Crippen LogP contribution in [0.2, 0.25) is 18.1 Å². The predicted octanol–water partition coefficient (Wildman–Crippen LogP) is 4.43. The zero-order valence-electron chi connectivity index (χ0n) is 17.3. The van der Waals surface area contributed by atoms with E-state index < -0.39 is 20.0 Å². The van der Waals surface area contributed by atoms with Crippen molar-refractivity contribution in [2.24, 2.45) is 17.8 Å². The van der Waals surface area contributed by atoms with Crippen molar-refractivity contribution in [3.63, 3.8) is 0 Å². The molecule has 0 N–H and O–H groups in total. The van der Waals surface area contributed by atoms with Crippen LogP contribution in [0, 0.1) is 17.8 Å². The quantitative estimate of drug-likeness (QED) is 0.688. The molecule has 1 heterocycles. The molecular weight excluding hydrogens is 334 g/mol. The summed E-state index contributed by atoms with van der Waals surface area (Å²) in [5.41, 5.74) is -0.612. The molecule has 1 aliphatic carbocycles. The van der Waals surface area contributed by atoms with Crippen molar-refractivity contribution < 1.29 is 18.8 Å². The average Bonchev–Trinajstić information content (AvgIpc) is 3.05. The number of nitrogens with zero attached hydrogens (tertiary/aromatic N) is 1. The van der Waals surface area contributed by atoms with E-state index in [9.17, 15) is 9.59 Å². The number of imide groups is 1. The van der Waals surface area contributed by atoms with E-state index in [1.165, 1.54) is 4.90 Å². The zero-order chi connectivity index (χ0) is 19.4. The number of hydrogen-bond acceptors (Lipinski definition) is 4. The van der Waals surface area contributed by atoms with Gasteiger partial charge in [0.05, 0.1) is 12.6 Å². The predicted molar refractivity (Wildman–Crippen MR) is 101 cm³/mol. The van der Waals surface area contributed by atoms with Gasteiger partial charge >= 0.3 is 6.09 Å². The first kappa shape index (κ1) is 20.4. The molecule has 1 aliphatic heterocycles. The van der Waals surface area contributed by atoms with Crippen molar-refractivity contribution >= 4 is 20.3 Å². The lowest BCUT2D eigenvalue weighted by molar-refractivity contribution is -0.131. The number of ether oxygens (including phenoxy) is 1. The molecule has 5 nitrogen and oxygen atoms in total. The van der Waals surface area contributed by atoms with E-state index >= 15 is 0 Å². The normalized spacial score (nSPS) is 29.6. The number of likely N-dealkylation sites (tertiary alicyclic amines) is 1. The van der Waals surface area contributed by atoms with Gasteiger partial charge in [-0.1, -0.05) is 34.1 Å². The Morgan fingerprint density at radius 3 is 2.16 bits per heavy atom. The summed E-state index contributed by atoms with van der Waals surface area (Å²) in [7, 11) is -1.94. The maximum absolute atomic E-state index is 12.8. The highest BCUT2D eigenvalue weighted by atomic mass is 28.4. The third-order valence-corrected chi connectivity index (χ3v) is 10.5. The highest BCUT2D eigenvalue weighted by Gasteiger charge is 2.67. The minimum absolute atomic E-state index is 0.0227. The second-order valence-electron chi connectivity index (χ2n) is 10.0. The molecule has 0 radical (unpaired) electrons. The smallest absolute Gasteiger partial charge is 0.417 e. The van der Waals surface area contributed by atoms with E-state index in [0.29, 0.717) is 12.5 Å². The number of amides is 2. The number of carbonyl (C=O) groups excluding carboxylic acids is 2. The molecule has 0 bridgehead atoms. The van der Waals surface area contributed by atoms with Crippen molar-refractivity contribution in [3.05, 3.63) is 0 Å². The third-order valence-electron chi connectivity index (χ3n) is 6.01. The molecule has 4 atom stereocenters. The molecule has 1 saturated heterocycles. The minimum atomic E-state index is -1.94. The fourth-order valence-electron chi connectivity index (χ4n) is 3.53. The van der Waals surface area contributed by atoms with Crippen LogP contribution in [0.25, 0.3) is 0 Å². The van der Waals surface area contributed by atoms with Crippen LogP contribution in [0.1, 0.15) is 54.9 Å². The summed E-state index contributed by atoms with van der Waals surface area (Å²) in [6.07, 6.45) is 0.447. The van der Waals surface area contributed by atoms with Crippen molar-refractivity contribution in [3.8, 4) is 0 Å². The van der Waals surface area contributed by atoms with E-state index in [-0.39, 0.29) is 28.8 Å². The Morgan fingerprint density at radius 1 is 1.16 bits per heavy atom. The molecule has 2 rings (SSSR count). The maximum Gasteiger partial charge on any atom is 0.417 e. The lowest BCUT2D eigenvalue weighted by atomic mass is 10.1. The highest BCUT2D eigenvalue weighted by Crippen LogP contribution is 2.58. The van der Waals surface area contributed by atoms with Crippen LogP contribution in [0.5, 0.6) is 0 Å². The van der Waals surface area contributed by atoms with E-state index in [4.69, 9.17) is 9.16 Å². The number of hydrogen-bond donors (Lipinski definition) is 0. The Labute approximate surface area is 153 Å². The van der Waals surface area contributed by atoms with Gasteiger partial charge in [-0.15, -0.1) is 0 Å². The van der Waals surface area contributed by atoms with Gasteiger partial charge in [0.2, 0.25) is 5.91 Å². The molecule has 6 heteroatoms. The number of rotatable bonds is 4. The lowest BCUT2D eigenvalue weighted by Crippen LogP contribution is -2.50. The van der Waals surface area contributed by atoms with Gasteiger partial charge in [0.1, 0.15) is 5.60 Å². The minimum Gasteiger partial charge on any atom is -0.443 e. The van der Waals surface area contributed by atoms with Crippen molar-refractivity contribution in [1.29, 1.82) is 0 Å². The van der Waals surface area contributed by atoms with Gasteiger partial charge < -0.3 is 9.16 Å². The molecule has 2 aliphatic rings. The standard InChI is InChI=1S/C19H35NO4Si/c1-10-12-14-13(11-23-25(8,9)19(5,6)7)20(16(21)15(12)14)17(22)24-18(2,3)4/h12-15H,10-11H2,1-9H3/t12-,13-,14-,15-/m1/s1. The second kappa shape index (κ2) is 6.37. The second-order valence-corrected chi connectivity index (χ2v) is 14.8. The van der Waals surface area contributed by atoms with Crippen molar-refractivity contribution in [2.45, 2.75) is 84.7 Å². The first-order valence-corrected chi connectivity index (χ1v) is 12.3. The number of piperidine rings is 1. The van der Waals surface area contributed by atoms with Crippen LogP contribution in [-0.4, -0.2) is 43.5 Å². The molecule has 144 valence electrons.